The smallest absolute Gasteiger partial charge is 0.382 e. The van der Waals surface area contributed by atoms with Gasteiger partial charge in [0.05, 0.1) is 11.3 Å². The van der Waals surface area contributed by atoms with Crippen LogP contribution >= 0.6 is 0 Å². The zero-order chi connectivity index (χ0) is 20.0. The zero-order valence-electron chi connectivity index (χ0n) is 13.6. The molecule has 1 amide bonds. The molecular formula is C17H13F3N6O. The highest BCUT2D eigenvalue weighted by molar-refractivity contribution is 6.45. The third-order valence-corrected chi connectivity index (χ3v) is 3.25. The predicted octanol–water partition coefficient (Wildman–Crippen LogP) is 3.19. The summed E-state index contributed by atoms with van der Waals surface area (Å²) in [5, 5.41) is 21.9. The minimum atomic E-state index is -4.50. The van der Waals surface area contributed by atoms with E-state index >= 15 is 0 Å². The van der Waals surface area contributed by atoms with Gasteiger partial charge in [-0.15, -0.1) is 0 Å². The van der Waals surface area contributed by atoms with Crippen molar-refractivity contribution in [2.75, 3.05) is 10.7 Å². The van der Waals surface area contributed by atoms with Gasteiger partial charge < -0.3 is 11.1 Å². The molecule has 0 atom stereocenters. The molecule has 0 aliphatic carbocycles. The fourth-order valence-corrected chi connectivity index (χ4v) is 1.94. The molecule has 27 heavy (non-hydrogen) atoms. The number of rotatable bonds is 5. The minimum Gasteiger partial charge on any atom is -0.382 e. The fraction of sp³-hybridized carbons (Fsp3) is 0.0588. The predicted molar refractivity (Wildman–Crippen MR) is 94.4 cm³/mol. The molecule has 0 unspecified atom stereocenters. The zero-order valence-corrected chi connectivity index (χ0v) is 13.6. The van der Waals surface area contributed by atoms with Crippen LogP contribution in [0, 0.1) is 16.7 Å². The van der Waals surface area contributed by atoms with Crippen molar-refractivity contribution in [3.63, 3.8) is 0 Å². The van der Waals surface area contributed by atoms with E-state index in [4.69, 9.17) is 16.4 Å². The summed E-state index contributed by atoms with van der Waals surface area (Å²) in [6, 6.07) is 11.7. The van der Waals surface area contributed by atoms with Gasteiger partial charge in [0.1, 0.15) is 6.07 Å². The van der Waals surface area contributed by atoms with Gasteiger partial charge in [0.2, 0.25) is 5.71 Å². The monoisotopic (exact) mass is 374 g/mol. The van der Waals surface area contributed by atoms with E-state index < -0.39 is 23.5 Å². The third kappa shape index (κ3) is 5.30. The van der Waals surface area contributed by atoms with Crippen molar-refractivity contribution in [2.45, 2.75) is 6.18 Å². The van der Waals surface area contributed by atoms with Crippen LogP contribution in [0.15, 0.2) is 53.6 Å². The number of benzene rings is 2. The number of hydrogen-bond donors (Lipinski definition) is 4. The van der Waals surface area contributed by atoms with Gasteiger partial charge in [-0.2, -0.15) is 23.5 Å². The van der Waals surface area contributed by atoms with Crippen molar-refractivity contribution in [2.24, 2.45) is 10.8 Å². The SMILES string of the molecule is N#C/C(=N\Nc1ccc(C(=O)Nc2cccc(C(F)(F)F)c2)cc1)C(=N)N. The maximum Gasteiger partial charge on any atom is 0.416 e. The summed E-state index contributed by atoms with van der Waals surface area (Å²) >= 11 is 0. The van der Waals surface area contributed by atoms with Gasteiger partial charge in [0.25, 0.3) is 5.91 Å². The number of anilines is 2. The maximum absolute atomic E-state index is 12.7. The molecule has 0 aromatic heterocycles. The molecule has 7 nitrogen and oxygen atoms in total. The number of carbonyl (C=O) groups excluding carboxylic acids is 1. The standard InChI is InChI=1S/C17H13F3N6O/c18-17(19,20)11-2-1-3-13(8-11)24-16(27)10-4-6-12(7-5-10)25-26-14(9-21)15(22)23/h1-8,25H,(H3,22,23)(H,24,27)/b26-14+. The molecule has 2 rings (SSSR count). The van der Waals surface area contributed by atoms with E-state index in [1.165, 1.54) is 36.4 Å². The van der Waals surface area contributed by atoms with Crippen molar-refractivity contribution >= 4 is 28.8 Å². The Labute approximate surface area is 151 Å². The summed E-state index contributed by atoms with van der Waals surface area (Å²) in [6.45, 7) is 0. The van der Waals surface area contributed by atoms with Crippen LogP contribution in [0.5, 0.6) is 0 Å². The third-order valence-electron chi connectivity index (χ3n) is 3.25. The van der Waals surface area contributed by atoms with E-state index in [-0.39, 0.29) is 17.0 Å². The molecule has 0 fully saturated rings. The second-order valence-corrected chi connectivity index (χ2v) is 5.21. The quantitative estimate of drug-likeness (QED) is 0.364. The van der Waals surface area contributed by atoms with Crippen LogP contribution in [0.4, 0.5) is 24.5 Å². The Balaban J connectivity index is 2.08. The number of nitrogens with two attached hydrogens (primary N) is 1. The van der Waals surface area contributed by atoms with Crippen molar-refractivity contribution in [3.05, 3.63) is 59.7 Å². The number of nitrogens with zero attached hydrogens (tertiary/aromatic N) is 2. The average molecular weight is 374 g/mol. The van der Waals surface area contributed by atoms with E-state index in [0.29, 0.717) is 5.69 Å². The Kier molecular flexibility index (Phi) is 5.77. The molecule has 2 aromatic carbocycles. The van der Waals surface area contributed by atoms with Crippen LogP contribution < -0.4 is 16.5 Å². The lowest BCUT2D eigenvalue weighted by Crippen LogP contribution is -2.21. The Bertz CT molecular complexity index is 929. The summed E-state index contributed by atoms with van der Waals surface area (Å²) in [6.07, 6.45) is -4.50. The number of nitrogens with one attached hydrogen (secondary N) is 3. The van der Waals surface area contributed by atoms with Gasteiger partial charge in [0.15, 0.2) is 5.84 Å². The molecule has 0 bridgehead atoms. The Hall–Kier alpha value is -3.87. The van der Waals surface area contributed by atoms with Crippen LogP contribution in [0.2, 0.25) is 0 Å². The number of nitriles is 1. The van der Waals surface area contributed by atoms with Gasteiger partial charge in [-0.05, 0) is 42.5 Å². The Morgan fingerprint density at radius 3 is 2.37 bits per heavy atom. The second-order valence-electron chi connectivity index (χ2n) is 5.21. The normalized spacial score (nSPS) is 11.4. The first-order valence-corrected chi connectivity index (χ1v) is 7.37. The van der Waals surface area contributed by atoms with Gasteiger partial charge in [0, 0.05) is 11.3 Å². The highest BCUT2D eigenvalue weighted by atomic mass is 19.4. The fourth-order valence-electron chi connectivity index (χ4n) is 1.94. The molecule has 0 spiro atoms. The number of carbonyl (C=O) groups is 1. The highest BCUT2D eigenvalue weighted by Crippen LogP contribution is 2.30. The first kappa shape index (κ1) is 19.5. The lowest BCUT2D eigenvalue weighted by atomic mass is 10.1. The van der Waals surface area contributed by atoms with Crippen LogP contribution in [-0.4, -0.2) is 17.5 Å². The van der Waals surface area contributed by atoms with Crippen LogP contribution in [-0.2, 0) is 6.18 Å². The molecule has 0 radical (unpaired) electrons. The summed E-state index contributed by atoms with van der Waals surface area (Å²) < 4.78 is 38.1. The minimum absolute atomic E-state index is 0.0155. The topological polar surface area (TPSA) is 127 Å². The summed E-state index contributed by atoms with van der Waals surface area (Å²) in [5.74, 6) is -1.09. The van der Waals surface area contributed by atoms with Crippen molar-refractivity contribution in [1.82, 2.24) is 0 Å². The number of hydrogen-bond acceptors (Lipinski definition) is 5. The molecule has 0 aliphatic rings. The van der Waals surface area contributed by atoms with Crippen molar-refractivity contribution < 1.29 is 18.0 Å². The van der Waals surface area contributed by atoms with Crippen LogP contribution in [0.3, 0.4) is 0 Å². The summed E-state index contributed by atoms with van der Waals surface area (Å²) in [7, 11) is 0. The number of amidine groups is 1. The molecular weight excluding hydrogens is 361 g/mol. The molecule has 0 saturated heterocycles. The molecule has 10 heteroatoms. The van der Waals surface area contributed by atoms with Crippen LogP contribution in [0.1, 0.15) is 15.9 Å². The Morgan fingerprint density at radius 1 is 1.15 bits per heavy atom. The molecule has 2 aromatic rings. The van der Waals surface area contributed by atoms with Gasteiger partial charge in [-0.1, -0.05) is 6.07 Å². The summed E-state index contributed by atoms with van der Waals surface area (Å²) in [5.41, 5.74) is 7.12. The molecule has 138 valence electrons. The van der Waals surface area contributed by atoms with E-state index in [9.17, 15) is 18.0 Å². The van der Waals surface area contributed by atoms with E-state index in [1.54, 1.807) is 6.07 Å². The first-order chi connectivity index (χ1) is 12.7. The van der Waals surface area contributed by atoms with Gasteiger partial charge in [-0.25, -0.2) is 0 Å². The lowest BCUT2D eigenvalue weighted by Gasteiger charge is -2.10. The number of halogens is 3. The van der Waals surface area contributed by atoms with E-state index in [1.807, 2.05) is 0 Å². The second kappa shape index (κ2) is 8.01. The molecule has 0 aliphatic heterocycles. The van der Waals surface area contributed by atoms with E-state index in [2.05, 4.69) is 15.8 Å². The van der Waals surface area contributed by atoms with Gasteiger partial charge >= 0.3 is 6.18 Å². The van der Waals surface area contributed by atoms with Gasteiger partial charge in [-0.3, -0.25) is 15.6 Å². The average Bonchev–Trinajstić information content (AvgIpc) is 2.62. The molecule has 0 saturated carbocycles. The molecule has 5 N–H and O–H groups in total. The number of alkyl halides is 3. The lowest BCUT2D eigenvalue weighted by molar-refractivity contribution is -0.137. The van der Waals surface area contributed by atoms with Crippen molar-refractivity contribution in [1.29, 1.82) is 10.7 Å². The number of amides is 1. The summed E-state index contributed by atoms with van der Waals surface area (Å²) in [4.78, 5) is 12.2. The highest BCUT2D eigenvalue weighted by Gasteiger charge is 2.30. The Morgan fingerprint density at radius 2 is 1.81 bits per heavy atom. The first-order valence-electron chi connectivity index (χ1n) is 7.37. The van der Waals surface area contributed by atoms with Crippen molar-refractivity contribution in [3.8, 4) is 6.07 Å². The molecule has 0 heterocycles. The largest absolute Gasteiger partial charge is 0.416 e. The van der Waals surface area contributed by atoms with Crippen LogP contribution in [0.25, 0.3) is 0 Å². The maximum atomic E-state index is 12.7. The van der Waals surface area contributed by atoms with E-state index in [0.717, 1.165) is 12.1 Å². The number of hydrazone groups is 1.